The summed E-state index contributed by atoms with van der Waals surface area (Å²) in [6, 6.07) is 14.1. The van der Waals surface area contributed by atoms with Gasteiger partial charge in [0, 0.05) is 17.5 Å². The monoisotopic (exact) mass is 326 g/mol. The molecule has 0 bridgehead atoms. The zero-order valence-corrected chi connectivity index (χ0v) is 13.2. The molecule has 1 aliphatic rings. The van der Waals surface area contributed by atoms with Gasteiger partial charge in [-0.15, -0.1) is 11.8 Å². The Morgan fingerprint density at radius 1 is 1.00 bits per heavy atom. The van der Waals surface area contributed by atoms with E-state index in [1.165, 1.54) is 23.6 Å². The van der Waals surface area contributed by atoms with Gasteiger partial charge in [-0.1, -0.05) is 12.1 Å². The Bertz CT molecular complexity index is 752. The van der Waals surface area contributed by atoms with Crippen molar-refractivity contribution in [3.8, 4) is 0 Å². The lowest BCUT2D eigenvalue weighted by atomic mass is 10.1. The summed E-state index contributed by atoms with van der Waals surface area (Å²) < 4.78 is 0. The standard InChI is InChI=1S/C17H14N2O3S/c1-11(20)18-12-6-8-13(9-7-12)23-10-19-16(21)14-4-2-3-5-15(14)17(19)22/h2-9H,10H2,1H3,(H,18,20). The Morgan fingerprint density at radius 3 is 2.09 bits per heavy atom. The molecule has 2 aromatic rings. The Hall–Kier alpha value is -2.60. The second kappa shape index (κ2) is 6.26. The van der Waals surface area contributed by atoms with Crippen LogP contribution in [0.15, 0.2) is 53.4 Å². The molecule has 0 radical (unpaired) electrons. The fourth-order valence-electron chi connectivity index (χ4n) is 2.33. The summed E-state index contributed by atoms with van der Waals surface area (Å²) in [4.78, 5) is 37.6. The maximum atomic E-state index is 12.2. The van der Waals surface area contributed by atoms with Gasteiger partial charge < -0.3 is 5.32 Å². The number of hydrogen-bond donors (Lipinski definition) is 1. The Balaban J connectivity index is 1.66. The fraction of sp³-hybridized carbons (Fsp3) is 0.118. The summed E-state index contributed by atoms with van der Waals surface area (Å²) in [5.74, 6) is -0.386. The van der Waals surface area contributed by atoms with Crippen LogP contribution in [0.4, 0.5) is 5.69 Å². The minimum absolute atomic E-state index is 0.128. The van der Waals surface area contributed by atoms with Crippen molar-refractivity contribution >= 4 is 35.2 Å². The number of nitrogens with zero attached hydrogens (tertiary/aromatic N) is 1. The molecule has 1 N–H and O–H groups in total. The molecule has 5 nitrogen and oxygen atoms in total. The number of carbonyl (C=O) groups is 3. The van der Waals surface area contributed by atoms with Crippen LogP contribution in [0.1, 0.15) is 27.6 Å². The van der Waals surface area contributed by atoms with Gasteiger partial charge in [-0.05, 0) is 36.4 Å². The van der Waals surface area contributed by atoms with Crippen molar-refractivity contribution in [2.24, 2.45) is 0 Å². The molecule has 6 heteroatoms. The summed E-state index contributed by atoms with van der Waals surface area (Å²) in [5, 5.41) is 2.69. The smallest absolute Gasteiger partial charge is 0.262 e. The van der Waals surface area contributed by atoms with Crippen LogP contribution in [0.25, 0.3) is 0 Å². The van der Waals surface area contributed by atoms with E-state index in [9.17, 15) is 14.4 Å². The van der Waals surface area contributed by atoms with Gasteiger partial charge >= 0.3 is 0 Å². The van der Waals surface area contributed by atoms with Gasteiger partial charge in [0.2, 0.25) is 5.91 Å². The maximum absolute atomic E-state index is 12.2. The number of imide groups is 1. The van der Waals surface area contributed by atoms with Crippen LogP contribution in [-0.4, -0.2) is 28.5 Å². The number of hydrogen-bond acceptors (Lipinski definition) is 4. The maximum Gasteiger partial charge on any atom is 0.262 e. The lowest BCUT2D eigenvalue weighted by molar-refractivity contribution is -0.114. The first-order chi connectivity index (χ1) is 11.1. The summed E-state index contributed by atoms with van der Waals surface area (Å²) in [5.41, 5.74) is 1.63. The van der Waals surface area contributed by atoms with Crippen LogP contribution in [0.3, 0.4) is 0 Å². The molecule has 1 heterocycles. The van der Waals surface area contributed by atoms with E-state index in [1.807, 2.05) is 12.1 Å². The van der Waals surface area contributed by atoms with Gasteiger partial charge in [-0.2, -0.15) is 0 Å². The average molecular weight is 326 g/mol. The number of amides is 3. The molecule has 0 saturated carbocycles. The Labute approximate surface area is 137 Å². The number of anilines is 1. The highest BCUT2D eigenvalue weighted by molar-refractivity contribution is 7.99. The summed E-state index contributed by atoms with van der Waals surface area (Å²) in [6.07, 6.45) is 0. The van der Waals surface area contributed by atoms with Crippen LogP contribution in [0, 0.1) is 0 Å². The molecule has 2 aromatic carbocycles. The van der Waals surface area contributed by atoms with Crippen molar-refractivity contribution in [1.82, 2.24) is 4.90 Å². The molecule has 1 aliphatic heterocycles. The Morgan fingerprint density at radius 2 is 1.57 bits per heavy atom. The molecule has 0 unspecified atom stereocenters. The molecular formula is C17H14N2O3S. The predicted octanol–water partition coefficient (Wildman–Crippen LogP) is 2.99. The quantitative estimate of drug-likeness (QED) is 0.693. The third-order valence-corrected chi connectivity index (χ3v) is 4.41. The molecule has 0 spiro atoms. The molecular weight excluding hydrogens is 312 g/mol. The second-order valence-electron chi connectivity index (χ2n) is 5.06. The Kier molecular flexibility index (Phi) is 4.16. The molecule has 23 heavy (non-hydrogen) atoms. The topological polar surface area (TPSA) is 66.5 Å². The number of rotatable bonds is 4. The van der Waals surface area contributed by atoms with Crippen molar-refractivity contribution in [2.75, 3.05) is 11.2 Å². The number of fused-ring (bicyclic) bond motifs is 1. The van der Waals surface area contributed by atoms with E-state index in [1.54, 1.807) is 36.4 Å². The molecule has 3 rings (SSSR count). The molecule has 0 aliphatic carbocycles. The highest BCUT2D eigenvalue weighted by atomic mass is 32.2. The van der Waals surface area contributed by atoms with E-state index >= 15 is 0 Å². The van der Waals surface area contributed by atoms with Crippen LogP contribution < -0.4 is 5.32 Å². The second-order valence-corrected chi connectivity index (χ2v) is 6.08. The van der Waals surface area contributed by atoms with Gasteiger partial charge in [-0.3, -0.25) is 19.3 Å². The van der Waals surface area contributed by atoms with Crippen molar-refractivity contribution in [2.45, 2.75) is 11.8 Å². The lowest BCUT2D eigenvalue weighted by Crippen LogP contribution is -2.29. The third-order valence-electron chi connectivity index (χ3n) is 3.41. The first-order valence-corrected chi connectivity index (χ1v) is 8.00. The molecule has 0 aromatic heterocycles. The van der Waals surface area contributed by atoms with Gasteiger partial charge in [0.1, 0.15) is 0 Å². The molecule has 0 fully saturated rings. The number of thioether (sulfide) groups is 1. The number of nitrogens with one attached hydrogen (secondary N) is 1. The largest absolute Gasteiger partial charge is 0.326 e. The first-order valence-electron chi connectivity index (χ1n) is 7.02. The molecule has 3 amide bonds. The van der Waals surface area contributed by atoms with E-state index in [4.69, 9.17) is 0 Å². The summed E-state index contributed by atoms with van der Waals surface area (Å²) >= 11 is 1.39. The number of carbonyl (C=O) groups excluding carboxylic acids is 3. The van der Waals surface area contributed by atoms with Gasteiger partial charge in [0.25, 0.3) is 11.8 Å². The molecule has 0 saturated heterocycles. The third kappa shape index (κ3) is 3.12. The van der Waals surface area contributed by atoms with E-state index < -0.39 is 0 Å². The van der Waals surface area contributed by atoms with Crippen molar-refractivity contribution in [3.05, 3.63) is 59.7 Å². The van der Waals surface area contributed by atoms with E-state index in [-0.39, 0.29) is 23.6 Å². The van der Waals surface area contributed by atoms with Crippen molar-refractivity contribution in [1.29, 1.82) is 0 Å². The normalized spacial score (nSPS) is 13.2. The van der Waals surface area contributed by atoms with E-state index in [0.29, 0.717) is 16.8 Å². The van der Waals surface area contributed by atoms with E-state index in [0.717, 1.165) is 4.90 Å². The SMILES string of the molecule is CC(=O)Nc1ccc(SCN2C(=O)c3ccccc3C2=O)cc1. The minimum Gasteiger partial charge on any atom is -0.326 e. The highest BCUT2D eigenvalue weighted by Gasteiger charge is 2.34. The minimum atomic E-state index is -0.257. The number of benzene rings is 2. The van der Waals surface area contributed by atoms with E-state index in [2.05, 4.69) is 5.32 Å². The van der Waals surface area contributed by atoms with Crippen LogP contribution in [-0.2, 0) is 4.79 Å². The summed E-state index contributed by atoms with van der Waals surface area (Å²) in [6.45, 7) is 1.45. The van der Waals surface area contributed by atoms with Crippen molar-refractivity contribution < 1.29 is 14.4 Å². The van der Waals surface area contributed by atoms with Crippen LogP contribution in [0.5, 0.6) is 0 Å². The zero-order chi connectivity index (χ0) is 16.4. The van der Waals surface area contributed by atoms with Crippen LogP contribution >= 0.6 is 11.8 Å². The lowest BCUT2D eigenvalue weighted by Gasteiger charge is -2.13. The zero-order valence-electron chi connectivity index (χ0n) is 12.4. The molecule has 116 valence electrons. The average Bonchev–Trinajstić information content (AvgIpc) is 2.78. The fourth-order valence-corrected chi connectivity index (χ4v) is 3.17. The first kappa shape index (κ1) is 15.3. The van der Waals surface area contributed by atoms with Gasteiger partial charge in [0.05, 0.1) is 17.0 Å². The molecule has 0 atom stereocenters. The van der Waals surface area contributed by atoms with Gasteiger partial charge in [0.15, 0.2) is 0 Å². The van der Waals surface area contributed by atoms with Gasteiger partial charge in [-0.25, -0.2) is 0 Å². The highest BCUT2D eigenvalue weighted by Crippen LogP contribution is 2.27. The van der Waals surface area contributed by atoms with Crippen LogP contribution in [0.2, 0.25) is 0 Å². The predicted molar refractivity (Wildman–Crippen MR) is 88.4 cm³/mol. The van der Waals surface area contributed by atoms with Crippen molar-refractivity contribution in [3.63, 3.8) is 0 Å². The summed E-state index contributed by atoms with van der Waals surface area (Å²) in [7, 11) is 0.